The molecule has 1 heterocycles. The molecule has 7 heteroatoms. The number of nitrogen functional groups attached to an aromatic ring is 1. The molecule has 0 unspecified atom stereocenters. The van der Waals surface area contributed by atoms with Crippen molar-refractivity contribution in [1.82, 2.24) is 9.36 Å². The van der Waals surface area contributed by atoms with Crippen molar-refractivity contribution < 1.29 is 4.39 Å². The van der Waals surface area contributed by atoms with E-state index in [0.29, 0.717) is 13.1 Å². The van der Waals surface area contributed by atoms with Gasteiger partial charge < -0.3 is 5.73 Å². The second kappa shape index (κ2) is 5.50. The summed E-state index contributed by atoms with van der Waals surface area (Å²) in [5, 5.41) is 0.460. The van der Waals surface area contributed by atoms with Crippen molar-refractivity contribution in [2.45, 2.75) is 26.9 Å². The Balaban J connectivity index is 2.80. The first-order valence-electron chi connectivity index (χ1n) is 6.16. The van der Waals surface area contributed by atoms with Crippen LogP contribution in [0.5, 0.6) is 0 Å². The van der Waals surface area contributed by atoms with E-state index in [0.717, 1.165) is 0 Å². The second-order valence-corrected chi connectivity index (χ2v) is 5.07. The number of hydrogen-bond acceptors (Lipinski definition) is 2. The van der Waals surface area contributed by atoms with Crippen LogP contribution >= 0.6 is 23.2 Å². The molecule has 2 rings (SSSR count). The van der Waals surface area contributed by atoms with Crippen LogP contribution in [0.1, 0.15) is 13.8 Å². The van der Waals surface area contributed by atoms with Crippen LogP contribution in [0.4, 0.5) is 10.1 Å². The van der Waals surface area contributed by atoms with Gasteiger partial charge >= 0.3 is 0 Å². The number of hydrogen-bond donors (Lipinski definition) is 1. The normalized spacial score (nSPS) is 11.1. The predicted octanol–water partition coefficient (Wildman–Crippen LogP) is 3.38. The maximum atomic E-state index is 14.4. The van der Waals surface area contributed by atoms with Gasteiger partial charge in [0.05, 0.1) is 15.7 Å². The minimum Gasteiger partial charge on any atom is -0.398 e. The molecule has 20 heavy (non-hydrogen) atoms. The maximum absolute atomic E-state index is 14.4. The number of benzene rings is 1. The Morgan fingerprint density at radius 2 is 1.75 bits per heavy atom. The highest BCUT2D eigenvalue weighted by atomic mass is 35.5. The number of halogens is 3. The van der Waals surface area contributed by atoms with E-state index >= 15 is 0 Å². The monoisotopic (exact) mass is 317 g/mol. The van der Waals surface area contributed by atoms with Gasteiger partial charge in [0, 0.05) is 18.7 Å². The van der Waals surface area contributed by atoms with Crippen molar-refractivity contribution in [3.63, 3.8) is 0 Å². The van der Waals surface area contributed by atoms with Gasteiger partial charge in [-0.2, -0.15) is 4.39 Å². The topological polar surface area (TPSA) is 52.9 Å². The zero-order valence-electron chi connectivity index (χ0n) is 11.1. The summed E-state index contributed by atoms with van der Waals surface area (Å²) in [6, 6.07) is 2.83. The molecule has 108 valence electrons. The molecular formula is C13H14Cl2FN3O. The lowest BCUT2D eigenvalue weighted by Gasteiger charge is -2.06. The van der Waals surface area contributed by atoms with E-state index in [9.17, 15) is 9.18 Å². The van der Waals surface area contributed by atoms with Gasteiger partial charge in [0.25, 0.3) is 5.56 Å². The average Bonchev–Trinajstić information content (AvgIpc) is 2.64. The lowest BCUT2D eigenvalue weighted by Crippen LogP contribution is -2.22. The smallest absolute Gasteiger partial charge is 0.277 e. The van der Waals surface area contributed by atoms with E-state index in [-0.39, 0.29) is 26.9 Å². The summed E-state index contributed by atoms with van der Waals surface area (Å²) >= 11 is 11.9. The fourth-order valence-electron chi connectivity index (χ4n) is 2.17. The Hall–Kier alpha value is -1.46. The van der Waals surface area contributed by atoms with Crippen LogP contribution in [0.2, 0.25) is 10.0 Å². The van der Waals surface area contributed by atoms with Gasteiger partial charge in [-0.3, -0.25) is 9.48 Å². The van der Waals surface area contributed by atoms with Gasteiger partial charge in [0.15, 0.2) is 0 Å². The lowest BCUT2D eigenvalue weighted by molar-refractivity contribution is 0.394. The average molecular weight is 318 g/mol. The molecule has 0 aliphatic rings. The molecule has 0 fully saturated rings. The van der Waals surface area contributed by atoms with Gasteiger partial charge in [-0.05, 0) is 26.0 Å². The first-order valence-corrected chi connectivity index (χ1v) is 6.91. The molecule has 0 bridgehead atoms. The van der Waals surface area contributed by atoms with E-state index in [1.807, 2.05) is 0 Å². The maximum Gasteiger partial charge on any atom is 0.277 e. The second-order valence-electron chi connectivity index (χ2n) is 4.26. The Morgan fingerprint density at radius 3 is 2.25 bits per heavy atom. The molecule has 0 amide bonds. The summed E-state index contributed by atoms with van der Waals surface area (Å²) in [4.78, 5) is 12.3. The molecular weight excluding hydrogens is 304 g/mol. The van der Waals surface area contributed by atoms with Crippen molar-refractivity contribution >= 4 is 28.9 Å². The summed E-state index contributed by atoms with van der Waals surface area (Å²) < 4.78 is 17.1. The Kier molecular flexibility index (Phi) is 4.11. The van der Waals surface area contributed by atoms with Crippen LogP contribution in [-0.2, 0) is 13.1 Å². The number of nitrogens with two attached hydrogens (primary N) is 1. The third-order valence-electron chi connectivity index (χ3n) is 3.13. The molecule has 0 aliphatic carbocycles. The van der Waals surface area contributed by atoms with Crippen LogP contribution in [0, 0.1) is 5.95 Å². The zero-order valence-corrected chi connectivity index (χ0v) is 12.6. The predicted molar refractivity (Wildman–Crippen MR) is 79.9 cm³/mol. The van der Waals surface area contributed by atoms with E-state index in [4.69, 9.17) is 28.9 Å². The van der Waals surface area contributed by atoms with Crippen molar-refractivity contribution in [1.29, 1.82) is 0 Å². The molecule has 2 N–H and O–H groups in total. The quantitative estimate of drug-likeness (QED) is 0.882. The molecule has 0 radical (unpaired) electrons. The summed E-state index contributed by atoms with van der Waals surface area (Å²) in [5.41, 5.74) is 5.69. The highest BCUT2D eigenvalue weighted by molar-refractivity contribution is 6.37. The van der Waals surface area contributed by atoms with Crippen LogP contribution in [0.3, 0.4) is 0 Å². The Morgan fingerprint density at radius 1 is 1.15 bits per heavy atom. The number of rotatable bonds is 3. The lowest BCUT2D eigenvalue weighted by atomic mass is 10.1. The number of nitrogens with zero attached hydrogens (tertiary/aromatic N) is 2. The van der Waals surface area contributed by atoms with Crippen molar-refractivity contribution in [3.05, 3.63) is 38.5 Å². The SMILES string of the molecule is CCn1c(F)c(-c2cc(N)c(Cl)cc2Cl)c(=O)n1CC. The molecule has 1 aromatic carbocycles. The van der Waals surface area contributed by atoms with Gasteiger partial charge in [-0.25, -0.2) is 4.68 Å². The first kappa shape index (κ1) is 14.9. The molecule has 4 nitrogen and oxygen atoms in total. The van der Waals surface area contributed by atoms with E-state index in [1.54, 1.807) is 13.8 Å². The van der Waals surface area contributed by atoms with E-state index in [2.05, 4.69) is 0 Å². The van der Waals surface area contributed by atoms with Gasteiger partial charge in [-0.15, -0.1) is 0 Å². The highest BCUT2D eigenvalue weighted by Gasteiger charge is 2.22. The van der Waals surface area contributed by atoms with Gasteiger partial charge in [0.1, 0.15) is 5.56 Å². The highest BCUT2D eigenvalue weighted by Crippen LogP contribution is 2.34. The number of anilines is 1. The third-order valence-corrected chi connectivity index (χ3v) is 3.77. The van der Waals surface area contributed by atoms with Crippen molar-refractivity contribution in [3.8, 4) is 11.1 Å². The van der Waals surface area contributed by atoms with E-state index in [1.165, 1.54) is 21.5 Å². The summed E-state index contributed by atoms with van der Waals surface area (Å²) in [6.45, 7) is 4.24. The molecule has 0 aliphatic heterocycles. The van der Waals surface area contributed by atoms with Crippen LogP contribution in [-0.4, -0.2) is 9.36 Å². The van der Waals surface area contributed by atoms with E-state index < -0.39 is 11.5 Å². The molecule has 2 aromatic rings. The number of aromatic nitrogens is 2. The Labute approximate surface area is 125 Å². The third kappa shape index (κ3) is 2.21. The van der Waals surface area contributed by atoms with Crippen LogP contribution < -0.4 is 11.3 Å². The Bertz CT molecular complexity index is 721. The summed E-state index contributed by atoms with van der Waals surface area (Å²) in [7, 11) is 0. The first-order chi connectivity index (χ1) is 9.42. The van der Waals surface area contributed by atoms with Gasteiger partial charge in [0.2, 0.25) is 5.95 Å². The molecule has 0 saturated heterocycles. The fourth-order valence-corrected chi connectivity index (χ4v) is 2.65. The fraction of sp³-hybridized carbons (Fsp3) is 0.308. The minimum absolute atomic E-state index is 0.0814. The molecule has 1 aromatic heterocycles. The zero-order chi connectivity index (χ0) is 15.0. The van der Waals surface area contributed by atoms with Crippen molar-refractivity contribution in [2.24, 2.45) is 0 Å². The molecule has 0 spiro atoms. The molecule has 0 atom stereocenters. The summed E-state index contributed by atoms with van der Waals surface area (Å²) in [5.74, 6) is -0.622. The largest absolute Gasteiger partial charge is 0.398 e. The van der Waals surface area contributed by atoms with Crippen LogP contribution in [0.25, 0.3) is 11.1 Å². The van der Waals surface area contributed by atoms with Crippen LogP contribution in [0.15, 0.2) is 16.9 Å². The molecule has 0 saturated carbocycles. The standard InChI is InChI=1S/C13H14Cl2FN3O/c1-3-18-12(16)11(13(20)19(18)4-2)7-5-10(17)9(15)6-8(7)14/h5-6H,3-4,17H2,1-2H3. The van der Waals surface area contributed by atoms with Gasteiger partial charge in [-0.1, -0.05) is 23.2 Å². The minimum atomic E-state index is -0.622. The summed E-state index contributed by atoms with van der Waals surface area (Å²) in [6.07, 6.45) is 0. The van der Waals surface area contributed by atoms with Crippen molar-refractivity contribution in [2.75, 3.05) is 5.73 Å².